The summed E-state index contributed by atoms with van der Waals surface area (Å²) in [5.74, 6) is -0.286. The highest BCUT2D eigenvalue weighted by molar-refractivity contribution is 5.66. The zero-order valence-corrected chi connectivity index (χ0v) is 9.37. The van der Waals surface area contributed by atoms with Crippen LogP contribution in [0.3, 0.4) is 0 Å². The Labute approximate surface area is 85.2 Å². The Morgan fingerprint density at radius 2 is 2.14 bits per heavy atom. The fourth-order valence-corrected chi connectivity index (χ4v) is 1.48. The lowest BCUT2D eigenvalue weighted by Gasteiger charge is -2.40. The second-order valence-corrected chi connectivity index (χ2v) is 4.53. The molecule has 1 atom stereocenters. The van der Waals surface area contributed by atoms with Gasteiger partial charge < -0.3 is 9.47 Å². The summed E-state index contributed by atoms with van der Waals surface area (Å²) in [6, 6.07) is 0. The molecule has 1 fully saturated rings. The van der Waals surface area contributed by atoms with Crippen molar-refractivity contribution < 1.29 is 14.3 Å². The van der Waals surface area contributed by atoms with Crippen molar-refractivity contribution >= 4 is 5.97 Å². The third kappa shape index (κ3) is 3.27. The Kier molecular flexibility index (Phi) is 3.50. The number of carbonyl (C=O) groups excluding carboxylic acids is 1. The lowest BCUT2D eigenvalue weighted by atomic mass is 10.1. The number of hydrogen-bond acceptors (Lipinski definition) is 4. The largest absolute Gasteiger partial charge is 0.435 e. The molecular weight excluding hydrogens is 182 g/mol. The van der Waals surface area contributed by atoms with E-state index in [2.05, 4.69) is 25.7 Å². The van der Waals surface area contributed by atoms with Crippen molar-refractivity contribution in [3.05, 3.63) is 0 Å². The first kappa shape index (κ1) is 11.5. The minimum Gasteiger partial charge on any atom is -0.435 e. The van der Waals surface area contributed by atoms with Crippen molar-refractivity contribution in [3.63, 3.8) is 0 Å². The van der Waals surface area contributed by atoms with E-state index in [-0.39, 0.29) is 11.5 Å². The first-order valence-corrected chi connectivity index (χ1v) is 4.93. The van der Waals surface area contributed by atoms with Crippen LogP contribution in [0.5, 0.6) is 0 Å². The zero-order valence-electron chi connectivity index (χ0n) is 9.37. The van der Waals surface area contributed by atoms with E-state index in [1.807, 2.05) is 0 Å². The van der Waals surface area contributed by atoms with Crippen molar-refractivity contribution in [1.82, 2.24) is 4.90 Å². The summed E-state index contributed by atoms with van der Waals surface area (Å²) < 4.78 is 10.3. The van der Waals surface area contributed by atoms with Gasteiger partial charge in [0, 0.05) is 19.0 Å². The summed E-state index contributed by atoms with van der Waals surface area (Å²) in [6.45, 7) is 9.99. The van der Waals surface area contributed by atoms with Crippen molar-refractivity contribution in [3.8, 4) is 0 Å². The maximum atomic E-state index is 10.7. The molecule has 4 nitrogen and oxygen atoms in total. The molecule has 0 aromatic rings. The zero-order chi connectivity index (χ0) is 10.8. The number of esters is 1. The molecule has 82 valence electrons. The number of morpholine rings is 1. The smallest absolute Gasteiger partial charge is 0.304 e. The predicted octanol–water partition coefficient (Wildman–Crippen LogP) is 1.01. The van der Waals surface area contributed by atoms with Crippen LogP contribution >= 0.6 is 0 Å². The number of rotatable bonds is 1. The van der Waals surface area contributed by atoms with E-state index in [4.69, 9.17) is 9.47 Å². The molecule has 0 aromatic heterocycles. The van der Waals surface area contributed by atoms with Crippen molar-refractivity contribution in [2.24, 2.45) is 0 Å². The molecule has 1 aliphatic rings. The van der Waals surface area contributed by atoms with Crippen LogP contribution in [0.15, 0.2) is 0 Å². The average molecular weight is 201 g/mol. The van der Waals surface area contributed by atoms with E-state index < -0.39 is 6.29 Å². The first-order valence-electron chi connectivity index (χ1n) is 4.93. The molecule has 1 unspecified atom stereocenters. The molecule has 0 aromatic carbocycles. The predicted molar refractivity (Wildman–Crippen MR) is 52.8 cm³/mol. The fraction of sp³-hybridized carbons (Fsp3) is 0.900. The Hall–Kier alpha value is -0.610. The van der Waals surface area contributed by atoms with Gasteiger partial charge in [-0.15, -0.1) is 0 Å². The third-order valence-corrected chi connectivity index (χ3v) is 2.28. The van der Waals surface area contributed by atoms with Crippen LogP contribution < -0.4 is 0 Å². The Morgan fingerprint density at radius 1 is 1.50 bits per heavy atom. The average Bonchev–Trinajstić information content (AvgIpc) is 2.01. The van der Waals surface area contributed by atoms with Gasteiger partial charge in [-0.2, -0.15) is 0 Å². The van der Waals surface area contributed by atoms with Gasteiger partial charge in [0.2, 0.25) is 6.29 Å². The number of nitrogens with zero attached hydrogens (tertiary/aromatic N) is 1. The molecule has 1 heterocycles. The van der Waals surface area contributed by atoms with E-state index in [1.165, 1.54) is 6.92 Å². The summed E-state index contributed by atoms with van der Waals surface area (Å²) in [5, 5.41) is 0. The summed E-state index contributed by atoms with van der Waals surface area (Å²) in [6.07, 6.45) is -0.402. The highest BCUT2D eigenvalue weighted by Crippen LogP contribution is 2.17. The maximum Gasteiger partial charge on any atom is 0.304 e. The Balaban J connectivity index is 2.48. The van der Waals surface area contributed by atoms with E-state index in [0.29, 0.717) is 13.2 Å². The van der Waals surface area contributed by atoms with Gasteiger partial charge in [-0.05, 0) is 20.8 Å². The van der Waals surface area contributed by atoms with Crippen LogP contribution in [-0.2, 0) is 14.3 Å². The summed E-state index contributed by atoms with van der Waals surface area (Å²) in [7, 11) is 0. The minimum atomic E-state index is -0.402. The third-order valence-electron chi connectivity index (χ3n) is 2.28. The maximum absolute atomic E-state index is 10.7. The van der Waals surface area contributed by atoms with Crippen molar-refractivity contribution in [2.75, 3.05) is 19.7 Å². The van der Waals surface area contributed by atoms with Gasteiger partial charge in [0.1, 0.15) is 0 Å². The SMILES string of the molecule is CC(=O)OC1CN(C(C)(C)C)CCO1. The molecule has 0 saturated carbocycles. The molecule has 0 bridgehead atoms. The molecule has 0 radical (unpaired) electrons. The van der Waals surface area contributed by atoms with Crippen LogP contribution in [0.1, 0.15) is 27.7 Å². The van der Waals surface area contributed by atoms with Gasteiger partial charge in [-0.1, -0.05) is 0 Å². The van der Waals surface area contributed by atoms with Gasteiger partial charge in [0.15, 0.2) is 0 Å². The van der Waals surface area contributed by atoms with Gasteiger partial charge in [0.05, 0.1) is 13.2 Å². The summed E-state index contributed by atoms with van der Waals surface area (Å²) in [4.78, 5) is 13.0. The molecule has 1 aliphatic heterocycles. The first-order chi connectivity index (χ1) is 6.39. The normalized spacial score (nSPS) is 24.7. The molecule has 0 amide bonds. The number of hydrogen-bond donors (Lipinski definition) is 0. The minimum absolute atomic E-state index is 0.0994. The summed E-state index contributed by atoms with van der Waals surface area (Å²) in [5.41, 5.74) is 0.0994. The monoisotopic (exact) mass is 201 g/mol. The Morgan fingerprint density at radius 3 is 2.64 bits per heavy atom. The number of carbonyl (C=O) groups is 1. The van der Waals surface area contributed by atoms with Gasteiger partial charge in [-0.3, -0.25) is 9.69 Å². The lowest BCUT2D eigenvalue weighted by molar-refractivity contribution is -0.198. The van der Waals surface area contributed by atoms with Crippen LogP contribution in [0, 0.1) is 0 Å². The van der Waals surface area contributed by atoms with Crippen molar-refractivity contribution in [2.45, 2.75) is 39.5 Å². The fourth-order valence-electron chi connectivity index (χ4n) is 1.48. The summed E-state index contributed by atoms with van der Waals surface area (Å²) >= 11 is 0. The van der Waals surface area contributed by atoms with Gasteiger partial charge in [-0.25, -0.2) is 0 Å². The topological polar surface area (TPSA) is 38.8 Å². The lowest BCUT2D eigenvalue weighted by Crippen LogP contribution is -2.52. The molecule has 4 heteroatoms. The van der Waals surface area contributed by atoms with Crippen LogP contribution in [-0.4, -0.2) is 42.4 Å². The highest BCUT2D eigenvalue weighted by atomic mass is 16.7. The highest BCUT2D eigenvalue weighted by Gasteiger charge is 2.29. The molecule has 0 aliphatic carbocycles. The Bertz CT molecular complexity index is 210. The second kappa shape index (κ2) is 4.28. The molecule has 1 rings (SSSR count). The molecule has 0 spiro atoms. The standard InChI is InChI=1S/C10H19NO3/c1-8(12)14-9-7-11(5-6-13-9)10(2,3)4/h9H,5-7H2,1-4H3. The van der Waals surface area contributed by atoms with Crippen LogP contribution in [0.2, 0.25) is 0 Å². The molecular formula is C10H19NO3. The van der Waals surface area contributed by atoms with Crippen LogP contribution in [0.25, 0.3) is 0 Å². The van der Waals surface area contributed by atoms with Crippen molar-refractivity contribution in [1.29, 1.82) is 0 Å². The van der Waals surface area contributed by atoms with E-state index in [9.17, 15) is 4.79 Å². The van der Waals surface area contributed by atoms with E-state index in [1.54, 1.807) is 0 Å². The van der Waals surface area contributed by atoms with Gasteiger partial charge in [0.25, 0.3) is 0 Å². The molecule has 14 heavy (non-hydrogen) atoms. The van der Waals surface area contributed by atoms with Gasteiger partial charge >= 0.3 is 5.97 Å². The van der Waals surface area contributed by atoms with Crippen LogP contribution in [0.4, 0.5) is 0 Å². The van der Waals surface area contributed by atoms with E-state index in [0.717, 1.165) is 6.54 Å². The quantitative estimate of drug-likeness (QED) is 0.593. The molecule has 1 saturated heterocycles. The second-order valence-electron chi connectivity index (χ2n) is 4.53. The number of ether oxygens (including phenoxy) is 2. The van der Waals surface area contributed by atoms with E-state index >= 15 is 0 Å². The molecule has 0 N–H and O–H groups in total.